The molecule has 0 saturated carbocycles. The molecule has 6 heteroatoms. The summed E-state index contributed by atoms with van der Waals surface area (Å²) in [7, 11) is 1.38. The van der Waals surface area contributed by atoms with Crippen LogP contribution >= 0.6 is 10.7 Å². The largest absolute Gasteiger partial charge is 0.481 e. The molecule has 0 spiro atoms. The highest BCUT2D eigenvalue weighted by atomic mass is 35.7. The Labute approximate surface area is 121 Å². The predicted octanol–water partition coefficient (Wildman–Crippen LogP) is 2.79. The van der Waals surface area contributed by atoms with Gasteiger partial charge in [-0.2, -0.15) is 0 Å². The minimum Gasteiger partial charge on any atom is -0.481 e. The molecule has 1 unspecified atom stereocenters. The lowest BCUT2D eigenvalue weighted by Gasteiger charge is -2.17. The second kappa shape index (κ2) is 5.64. The Balaban J connectivity index is 2.52. The van der Waals surface area contributed by atoms with Gasteiger partial charge in [-0.15, -0.1) is 0 Å². The van der Waals surface area contributed by atoms with Gasteiger partial charge >= 0.3 is 5.97 Å². The monoisotopic (exact) mass is 310 g/mol. The van der Waals surface area contributed by atoms with Gasteiger partial charge in [0.25, 0.3) is 9.05 Å². The van der Waals surface area contributed by atoms with Crippen molar-refractivity contribution in [1.82, 2.24) is 0 Å². The third-order valence-corrected chi connectivity index (χ3v) is 3.61. The molecular weight excluding hydrogens is 300 g/mol. The van der Waals surface area contributed by atoms with Crippen molar-refractivity contribution < 1.29 is 18.3 Å². The highest BCUT2D eigenvalue weighted by Crippen LogP contribution is 2.31. The van der Waals surface area contributed by atoms with Crippen LogP contribution in [-0.4, -0.2) is 19.5 Å². The zero-order chi connectivity index (χ0) is 14.8. The molecule has 1 atom stereocenters. The number of benzene rings is 1. The first-order chi connectivity index (χ1) is 9.37. The van der Waals surface area contributed by atoms with Crippen LogP contribution in [0.15, 0.2) is 59.5 Å². The summed E-state index contributed by atoms with van der Waals surface area (Å²) in [6, 6.07) is 8.93. The van der Waals surface area contributed by atoms with E-state index in [9.17, 15) is 18.3 Å². The van der Waals surface area contributed by atoms with Gasteiger partial charge in [-0.1, -0.05) is 42.5 Å². The Morgan fingerprint density at radius 1 is 1.25 bits per heavy atom. The Morgan fingerprint density at radius 2 is 1.90 bits per heavy atom. The maximum Gasteiger partial charge on any atom is 0.314 e. The molecule has 0 bridgehead atoms. The number of carboxylic acid groups (broad SMARTS) is 1. The minimum atomic E-state index is -3.80. The molecule has 0 aromatic heterocycles. The summed E-state index contributed by atoms with van der Waals surface area (Å²) in [6.45, 7) is 0. The van der Waals surface area contributed by atoms with Crippen molar-refractivity contribution in [1.29, 1.82) is 0 Å². The van der Waals surface area contributed by atoms with Gasteiger partial charge in [-0.3, -0.25) is 4.79 Å². The fourth-order valence-electron chi connectivity index (χ4n) is 1.97. The van der Waals surface area contributed by atoms with E-state index in [2.05, 4.69) is 0 Å². The quantitative estimate of drug-likeness (QED) is 0.871. The molecule has 4 nitrogen and oxygen atoms in total. The van der Waals surface area contributed by atoms with E-state index in [4.69, 9.17) is 10.7 Å². The van der Waals surface area contributed by atoms with Crippen LogP contribution in [0.4, 0.5) is 0 Å². The number of aliphatic carboxylic acids is 1. The SMILES string of the molecule is O=C(O)C1C=C/C(=C\S(=O)(=O)Cl)C=C1c1ccccc1. The van der Waals surface area contributed by atoms with Gasteiger partial charge in [-0.05, 0) is 22.8 Å². The Hall–Kier alpha value is -1.85. The first kappa shape index (κ1) is 14.6. The Morgan fingerprint density at radius 3 is 2.45 bits per heavy atom. The summed E-state index contributed by atoms with van der Waals surface area (Å²) in [5, 5.41) is 10.1. The topological polar surface area (TPSA) is 71.4 Å². The number of hydrogen-bond donors (Lipinski definition) is 1. The van der Waals surface area contributed by atoms with Gasteiger partial charge in [0, 0.05) is 10.7 Å². The van der Waals surface area contributed by atoms with Gasteiger partial charge in [0.1, 0.15) is 5.92 Å². The predicted molar refractivity (Wildman–Crippen MR) is 77.5 cm³/mol. The van der Waals surface area contributed by atoms with Crippen LogP contribution < -0.4 is 0 Å². The summed E-state index contributed by atoms with van der Waals surface area (Å²) in [5.74, 6) is -1.81. The molecule has 0 radical (unpaired) electrons. The van der Waals surface area contributed by atoms with Crippen molar-refractivity contribution in [2.45, 2.75) is 0 Å². The highest BCUT2D eigenvalue weighted by molar-refractivity contribution is 8.16. The van der Waals surface area contributed by atoms with Crippen molar-refractivity contribution in [2.75, 3.05) is 0 Å². The fraction of sp³-hybridized carbons (Fsp3) is 0.0714. The van der Waals surface area contributed by atoms with Crippen LogP contribution in [0.2, 0.25) is 0 Å². The van der Waals surface area contributed by atoms with Crippen molar-refractivity contribution in [2.24, 2.45) is 5.92 Å². The third kappa shape index (κ3) is 3.59. The van der Waals surface area contributed by atoms with E-state index in [1.54, 1.807) is 24.3 Å². The maximum absolute atomic E-state index is 11.3. The standard InChI is InChI=1S/C14H11ClO4S/c15-20(18,19)9-10-6-7-12(14(16)17)13(8-10)11-4-2-1-3-5-11/h1-9,12H,(H,16,17)/b10-9+. The molecule has 1 aromatic carbocycles. The van der Waals surface area contributed by atoms with Gasteiger partial charge in [-0.25, -0.2) is 8.42 Å². The van der Waals surface area contributed by atoms with Crippen LogP contribution in [-0.2, 0) is 13.8 Å². The lowest BCUT2D eigenvalue weighted by Crippen LogP contribution is -2.15. The zero-order valence-electron chi connectivity index (χ0n) is 10.2. The molecule has 104 valence electrons. The lowest BCUT2D eigenvalue weighted by molar-refractivity contribution is -0.138. The minimum absolute atomic E-state index is 0.344. The number of hydrogen-bond acceptors (Lipinski definition) is 3. The van der Waals surface area contributed by atoms with E-state index in [1.807, 2.05) is 6.07 Å². The number of rotatable bonds is 3. The molecule has 2 rings (SSSR count). The van der Waals surface area contributed by atoms with Crippen LogP contribution in [0.3, 0.4) is 0 Å². The normalized spacial score (nSPS) is 20.8. The van der Waals surface area contributed by atoms with Crippen LogP contribution in [0.25, 0.3) is 5.57 Å². The number of halogens is 1. The van der Waals surface area contributed by atoms with E-state index < -0.39 is 20.9 Å². The lowest BCUT2D eigenvalue weighted by atomic mass is 9.87. The Bertz CT molecular complexity index is 715. The molecule has 20 heavy (non-hydrogen) atoms. The van der Waals surface area contributed by atoms with Crippen molar-refractivity contribution in [3.63, 3.8) is 0 Å². The third-order valence-electron chi connectivity index (χ3n) is 2.79. The number of carboxylic acids is 1. The molecule has 1 aromatic rings. The van der Waals surface area contributed by atoms with Crippen LogP contribution in [0.1, 0.15) is 5.56 Å². The maximum atomic E-state index is 11.3. The van der Waals surface area contributed by atoms with Crippen LogP contribution in [0, 0.1) is 5.92 Å². The highest BCUT2D eigenvalue weighted by Gasteiger charge is 2.23. The molecule has 0 saturated heterocycles. The summed E-state index contributed by atoms with van der Waals surface area (Å²) in [4.78, 5) is 11.3. The molecule has 0 aliphatic heterocycles. The molecule has 0 amide bonds. The van der Waals surface area contributed by atoms with Crippen molar-refractivity contribution in [3.8, 4) is 0 Å². The van der Waals surface area contributed by atoms with Crippen LogP contribution in [0.5, 0.6) is 0 Å². The average molecular weight is 311 g/mol. The van der Waals surface area contributed by atoms with E-state index in [0.717, 1.165) is 11.0 Å². The second-order valence-corrected chi connectivity index (χ2v) is 6.71. The summed E-state index contributed by atoms with van der Waals surface area (Å²) in [6.07, 6.45) is 4.40. The smallest absolute Gasteiger partial charge is 0.314 e. The molecular formula is C14H11ClO4S. The summed E-state index contributed by atoms with van der Waals surface area (Å²) >= 11 is 0. The van der Waals surface area contributed by atoms with E-state index >= 15 is 0 Å². The van der Waals surface area contributed by atoms with Gasteiger partial charge in [0.2, 0.25) is 0 Å². The van der Waals surface area contributed by atoms with E-state index in [1.165, 1.54) is 18.2 Å². The summed E-state index contributed by atoms with van der Waals surface area (Å²) in [5.41, 5.74) is 1.59. The van der Waals surface area contributed by atoms with Crippen molar-refractivity contribution in [3.05, 3.63) is 65.1 Å². The number of allylic oxidation sites excluding steroid dienone is 3. The number of carbonyl (C=O) groups is 1. The molecule has 0 fully saturated rings. The van der Waals surface area contributed by atoms with Gasteiger partial charge in [0.15, 0.2) is 0 Å². The first-order valence-electron chi connectivity index (χ1n) is 5.71. The zero-order valence-corrected chi connectivity index (χ0v) is 11.8. The first-order valence-corrected chi connectivity index (χ1v) is 8.08. The van der Waals surface area contributed by atoms with E-state index in [-0.39, 0.29) is 0 Å². The average Bonchev–Trinajstić information content (AvgIpc) is 2.37. The second-order valence-electron chi connectivity index (χ2n) is 4.23. The molecule has 0 heterocycles. The van der Waals surface area contributed by atoms with Gasteiger partial charge < -0.3 is 5.11 Å². The van der Waals surface area contributed by atoms with Crippen molar-refractivity contribution >= 4 is 31.3 Å². The fourth-order valence-corrected chi connectivity index (χ4v) is 2.75. The van der Waals surface area contributed by atoms with E-state index in [0.29, 0.717) is 11.1 Å². The molecule has 1 aliphatic carbocycles. The molecule has 1 aliphatic rings. The molecule has 1 N–H and O–H groups in total. The Kier molecular flexibility index (Phi) is 4.11. The van der Waals surface area contributed by atoms with Gasteiger partial charge in [0.05, 0.1) is 5.41 Å². The summed E-state index contributed by atoms with van der Waals surface area (Å²) < 4.78 is 22.1.